The van der Waals surface area contributed by atoms with Crippen LogP contribution in [0.5, 0.6) is 0 Å². The zero-order valence-corrected chi connectivity index (χ0v) is 12.2. The molecule has 0 heterocycles. The Hall–Kier alpha value is -2.12. The van der Waals surface area contributed by atoms with Crippen molar-refractivity contribution in [1.82, 2.24) is 4.90 Å². The van der Waals surface area contributed by atoms with Crippen LogP contribution in [0.4, 0.5) is 0 Å². The fourth-order valence-electron chi connectivity index (χ4n) is 1.75. The van der Waals surface area contributed by atoms with Gasteiger partial charge in [0.25, 0.3) is 0 Å². The second kappa shape index (κ2) is 9.73. The van der Waals surface area contributed by atoms with Crippen LogP contribution in [-0.2, 0) is 23.9 Å². The van der Waals surface area contributed by atoms with E-state index in [-0.39, 0.29) is 13.0 Å². The molecule has 0 fully saturated rings. The Morgan fingerprint density at radius 2 is 1.57 bits per heavy atom. The van der Waals surface area contributed by atoms with Gasteiger partial charge < -0.3 is 19.8 Å². The molecule has 0 spiro atoms. The molecule has 1 amide bonds. The van der Waals surface area contributed by atoms with Gasteiger partial charge in [0.05, 0.1) is 6.61 Å². The first kappa shape index (κ1) is 18.9. The first-order valence-electron chi connectivity index (χ1n) is 6.72. The molecule has 0 saturated carbocycles. The number of hydrogen-bond acceptors (Lipinski definition) is 5. The van der Waals surface area contributed by atoms with Crippen LogP contribution in [0.2, 0.25) is 0 Å². The second-order valence-electron chi connectivity index (χ2n) is 4.43. The van der Waals surface area contributed by atoms with Gasteiger partial charge in [0.15, 0.2) is 0 Å². The van der Waals surface area contributed by atoms with E-state index in [1.54, 1.807) is 6.92 Å². The SMILES string of the molecule is CCCCC(C(=O)OCC)C(=O)N(CC(=O)O)CC(=O)O. The van der Waals surface area contributed by atoms with Crippen molar-refractivity contribution in [1.29, 1.82) is 0 Å². The quantitative estimate of drug-likeness (QED) is 0.441. The summed E-state index contributed by atoms with van der Waals surface area (Å²) in [7, 11) is 0. The third-order valence-electron chi connectivity index (χ3n) is 2.68. The Balaban J connectivity index is 5.10. The number of carboxylic acids is 2. The highest BCUT2D eigenvalue weighted by molar-refractivity contribution is 5.99. The predicted molar refractivity (Wildman–Crippen MR) is 71.5 cm³/mol. The van der Waals surface area contributed by atoms with E-state index >= 15 is 0 Å². The van der Waals surface area contributed by atoms with Gasteiger partial charge in [-0.05, 0) is 13.3 Å². The van der Waals surface area contributed by atoms with E-state index in [1.807, 2.05) is 6.92 Å². The van der Waals surface area contributed by atoms with Crippen LogP contribution in [0, 0.1) is 5.92 Å². The number of nitrogens with zero attached hydrogens (tertiary/aromatic N) is 1. The molecule has 1 atom stereocenters. The summed E-state index contributed by atoms with van der Waals surface area (Å²) >= 11 is 0. The molecule has 8 heteroatoms. The highest BCUT2D eigenvalue weighted by atomic mass is 16.5. The third kappa shape index (κ3) is 7.28. The number of carbonyl (C=O) groups excluding carboxylic acids is 2. The monoisotopic (exact) mass is 303 g/mol. The molecule has 0 aromatic rings. The van der Waals surface area contributed by atoms with Gasteiger partial charge in [0.1, 0.15) is 19.0 Å². The molecule has 0 aliphatic rings. The molecule has 1 unspecified atom stereocenters. The van der Waals surface area contributed by atoms with Crippen LogP contribution in [-0.4, -0.2) is 58.6 Å². The summed E-state index contributed by atoms with van der Waals surface area (Å²) in [5, 5.41) is 17.5. The molecule has 8 nitrogen and oxygen atoms in total. The highest BCUT2D eigenvalue weighted by Crippen LogP contribution is 2.14. The average molecular weight is 303 g/mol. The Kier molecular flexibility index (Phi) is 8.75. The molecule has 0 radical (unpaired) electrons. The lowest BCUT2D eigenvalue weighted by Crippen LogP contribution is -2.45. The number of esters is 1. The summed E-state index contributed by atoms with van der Waals surface area (Å²) < 4.78 is 4.80. The van der Waals surface area contributed by atoms with Gasteiger partial charge >= 0.3 is 17.9 Å². The van der Waals surface area contributed by atoms with E-state index < -0.39 is 42.8 Å². The number of carboxylic acid groups (broad SMARTS) is 2. The Morgan fingerprint density at radius 3 is 1.95 bits per heavy atom. The first-order chi connectivity index (χ1) is 9.83. The predicted octanol–water partition coefficient (Wildman–Crippen LogP) is 0.354. The maximum atomic E-state index is 12.2. The molecule has 0 aromatic carbocycles. The van der Waals surface area contributed by atoms with E-state index in [2.05, 4.69) is 0 Å². The van der Waals surface area contributed by atoms with Gasteiger partial charge in [0.2, 0.25) is 5.91 Å². The standard InChI is InChI=1S/C13H21NO7/c1-3-5-6-9(13(20)21-4-2)12(19)14(7-10(15)16)8-11(17)18/h9H,3-8H2,1-2H3,(H,15,16)(H,17,18). The maximum absolute atomic E-state index is 12.2. The van der Waals surface area contributed by atoms with Crippen molar-refractivity contribution in [3.05, 3.63) is 0 Å². The molecule has 2 N–H and O–H groups in total. The smallest absolute Gasteiger partial charge is 0.323 e. The minimum Gasteiger partial charge on any atom is -0.480 e. The molecule has 0 aromatic heterocycles. The van der Waals surface area contributed by atoms with Crippen LogP contribution in [0.1, 0.15) is 33.1 Å². The molecule has 0 rings (SSSR count). The molecule has 21 heavy (non-hydrogen) atoms. The van der Waals surface area contributed by atoms with E-state index in [9.17, 15) is 19.2 Å². The molecule has 120 valence electrons. The number of hydrogen-bond donors (Lipinski definition) is 2. The lowest BCUT2D eigenvalue weighted by atomic mass is 10.0. The van der Waals surface area contributed by atoms with Crippen LogP contribution < -0.4 is 0 Å². The third-order valence-corrected chi connectivity index (χ3v) is 2.68. The largest absolute Gasteiger partial charge is 0.480 e. The van der Waals surface area contributed by atoms with Gasteiger partial charge in [-0.25, -0.2) is 0 Å². The van der Waals surface area contributed by atoms with Gasteiger partial charge in [-0.2, -0.15) is 0 Å². The number of carbonyl (C=O) groups is 4. The Bertz CT molecular complexity index is 378. The van der Waals surface area contributed by atoms with Crippen LogP contribution in [0.25, 0.3) is 0 Å². The highest BCUT2D eigenvalue weighted by Gasteiger charge is 2.33. The van der Waals surface area contributed by atoms with E-state index in [1.165, 1.54) is 0 Å². The molecule has 0 aliphatic heterocycles. The lowest BCUT2D eigenvalue weighted by molar-refractivity contribution is -0.160. The fourth-order valence-corrected chi connectivity index (χ4v) is 1.75. The number of aliphatic carboxylic acids is 2. The van der Waals surface area contributed by atoms with Crippen molar-refractivity contribution in [2.24, 2.45) is 5.92 Å². The molecular weight excluding hydrogens is 282 g/mol. The van der Waals surface area contributed by atoms with Gasteiger partial charge in [-0.1, -0.05) is 19.8 Å². The summed E-state index contributed by atoms with van der Waals surface area (Å²) in [6.45, 7) is 2.01. The lowest BCUT2D eigenvalue weighted by Gasteiger charge is -2.23. The van der Waals surface area contributed by atoms with Crippen molar-refractivity contribution >= 4 is 23.8 Å². The number of ether oxygens (including phenoxy) is 1. The number of amides is 1. The minimum atomic E-state index is -1.34. The van der Waals surface area contributed by atoms with Gasteiger partial charge in [-0.3, -0.25) is 19.2 Å². The molecule has 0 saturated heterocycles. The van der Waals surface area contributed by atoms with Crippen molar-refractivity contribution in [3.8, 4) is 0 Å². The molecule has 0 aliphatic carbocycles. The van der Waals surface area contributed by atoms with Crippen molar-refractivity contribution in [3.63, 3.8) is 0 Å². The Morgan fingerprint density at radius 1 is 1.05 bits per heavy atom. The summed E-state index contributed by atoms with van der Waals surface area (Å²) in [6, 6.07) is 0. The topological polar surface area (TPSA) is 121 Å². The van der Waals surface area contributed by atoms with Crippen molar-refractivity contribution in [2.45, 2.75) is 33.1 Å². The van der Waals surface area contributed by atoms with Gasteiger partial charge in [-0.15, -0.1) is 0 Å². The summed E-state index contributed by atoms with van der Waals surface area (Å²) in [5.41, 5.74) is 0. The van der Waals surface area contributed by atoms with Crippen LogP contribution in [0.3, 0.4) is 0 Å². The second-order valence-corrected chi connectivity index (χ2v) is 4.43. The summed E-state index contributed by atoms with van der Waals surface area (Å²) in [4.78, 5) is 46.1. The van der Waals surface area contributed by atoms with Gasteiger partial charge in [0, 0.05) is 0 Å². The zero-order valence-electron chi connectivity index (χ0n) is 12.2. The van der Waals surface area contributed by atoms with E-state index in [4.69, 9.17) is 14.9 Å². The summed E-state index contributed by atoms with van der Waals surface area (Å²) in [5.74, 6) is -5.43. The minimum absolute atomic E-state index is 0.0899. The normalized spacial score (nSPS) is 11.5. The number of unbranched alkanes of at least 4 members (excludes halogenated alkanes) is 1. The van der Waals surface area contributed by atoms with E-state index in [0.29, 0.717) is 11.3 Å². The van der Waals surface area contributed by atoms with Crippen LogP contribution >= 0.6 is 0 Å². The van der Waals surface area contributed by atoms with Crippen molar-refractivity contribution in [2.75, 3.05) is 19.7 Å². The fraction of sp³-hybridized carbons (Fsp3) is 0.692. The van der Waals surface area contributed by atoms with Crippen LogP contribution in [0.15, 0.2) is 0 Å². The summed E-state index contributed by atoms with van der Waals surface area (Å²) in [6.07, 6.45) is 1.51. The molecule has 0 bridgehead atoms. The maximum Gasteiger partial charge on any atom is 0.323 e. The average Bonchev–Trinajstić information content (AvgIpc) is 2.37. The van der Waals surface area contributed by atoms with E-state index in [0.717, 1.165) is 6.42 Å². The molecular formula is C13H21NO7. The van der Waals surface area contributed by atoms with Crippen molar-refractivity contribution < 1.29 is 34.1 Å². The zero-order chi connectivity index (χ0) is 16.4. The Labute approximate surface area is 122 Å². The number of rotatable bonds is 10. The first-order valence-corrected chi connectivity index (χ1v) is 6.72.